The molecule has 3 aromatic rings. The summed E-state index contributed by atoms with van der Waals surface area (Å²) in [7, 11) is 1.47. The molecule has 0 spiro atoms. The lowest BCUT2D eigenvalue weighted by atomic mass is 10.2. The molecule has 0 fully saturated rings. The quantitative estimate of drug-likeness (QED) is 0.220. The Hall–Kier alpha value is -3.24. The summed E-state index contributed by atoms with van der Waals surface area (Å²) in [6, 6.07) is 14.9. The molecular weight excluding hydrogens is 573 g/mol. The maximum absolute atomic E-state index is 13.9. The number of benzene rings is 3. The van der Waals surface area contributed by atoms with E-state index in [-0.39, 0.29) is 12.4 Å². The van der Waals surface area contributed by atoms with Crippen LogP contribution in [0.15, 0.2) is 68.6 Å². The number of ether oxygens (including phenoxy) is 2. The third kappa shape index (κ3) is 6.64. The average molecular weight is 593 g/mol. The topological polar surface area (TPSA) is 89.0 Å². The molecule has 0 aliphatic rings. The van der Waals surface area contributed by atoms with E-state index < -0.39 is 11.8 Å². The first-order valence-corrected chi connectivity index (χ1v) is 11.5. The summed E-state index contributed by atoms with van der Waals surface area (Å²) in [5, 5.41) is 6.37. The predicted octanol–water partition coefficient (Wildman–Crippen LogP) is 5.34. The number of nitrogens with one attached hydrogen (secondary N) is 2. The number of halogens is 3. The maximum atomic E-state index is 13.9. The van der Waals surface area contributed by atoms with Crippen LogP contribution in [0.2, 0.25) is 0 Å². The zero-order chi connectivity index (χ0) is 24.7. The van der Waals surface area contributed by atoms with E-state index in [1.807, 2.05) is 13.0 Å². The van der Waals surface area contributed by atoms with Crippen molar-refractivity contribution in [2.75, 3.05) is 12.4 Å². The molecule has 0 aliphatic heterocycles. The van der Waals surface area contributed by atoms with Crippen molar-refractivity contribution in [1.82, 2.24) is 5.43 Å². The van der Waals surface area contributed by atoms with E-state index in [9.17, 15) is 14.0 Å². The Labute approximate surface area is 212 Å². The van der Waals surface area contributed by atoms with E-state index in [4.69, 9.17) is 9.47 Å². The number of methoxy groups -OCH3 is 1. The molecule has 0 radical (unpaired) electrons. The SMILES string of the molecule is COc1cc(C=NNC(=O)C(=O)Nc2ccc(Br)cc2C)cc(Br)c1OCc1ccccc1F. The average Bonchev–Trinajstić information content (AvgIpc) is 2.80. The van der Waals surface area contributed by atoms with Crippen LogP contribution in [0.3, 0.4) is 0 Å². The minimum Gasteiger partial charge on any atom is -0.493 e. The molecule has 0 saturated heterocycles. The van der Waals surface area contributed by atoms with Crippen molar-refractivity contribution < 1.29 is 23.5 Å². The van der Waals surface area contributed by atoms with Gasteiger partial charge in [-0.3, -0.25) is 9.59 Å². The molecule has 0 aliphatic carbocycles. The summed E-state index contributed by atoms with van der Waals surface area (Å²) in [6.07, 6.45) is 1.35. The predicted molar refractivity (Wildman–Crippen MR) is 135 cm³/mol. The highest BCUT2D eigenvalue weighted by Gasteiger charge is 2.15. The third-order valence-electron chi connectivity index (χ3n) is 4.60. The number of amides is 2. The first-order chi connectivity index (χ1) is 16.3. The monoisotopic (exact) mass is 591 g/mol. The van der Waals surface area contributed by atoms with Gasteiger partial charge in [-0.15, -0.1) is 0 Å². The summed E-state index contributed by atoms with van der Waals surface area (Å²) in [6.45, 7) is 1.82. The normalized spacial score (nSPS) is 10.7. The van der Waals surface area contributed by atoms with Crippen LogP contribution in [0.25, 0.3) is 0 Å². The number of hydrogen-bond donors (Lipinski definition) is 2. The number of nitrogens with zero attached hydrogens (tertiary/aromatic N) is 1. The Balaban J connectivity index is 1.63. The van der Waals surface area contributed by atoms with Gasteiger partial charge in [-0.05, 0) is 70.4 Å². The molecule has 0 heterocycles. The largest absolute Gasteiger partial charge is 0.493 e. The van der Waals surface area contributed by atoms with Gasteiger partial charge in [0.25, 0.3) is 0 Å². The number of carbonyl (C=O) groups is 2. The second-order valence-electron chi connectivity index (χ2n) is 7.03. The molecular formula is C24H20Br2FN3O4. The molecule has 0 unspecified atom stereocenters. The molecule has 176 valence electrons. The van der Waals surface area contributed by atoms with Crippen LogP contribution >= 0.6 is 31.9 Å². The van der Waals surface area contributed by atoms with Gasteiger partial charge in [0.2, 0.25) is 0 Å². The molecule has 3 aromatic carbocycles. The van der Waals surface area contributed by atoms with Crippen molar-refractivity contribution in [1.29, 1.82) is 0 Å². The van der Waals surface area contributed by atoms with E-state index in [2.05, 4.69) is 47.7 Å². The molecule has 3 rings (SSSR count). The number of hydrazone groups is 1. The highest BCUT2D eigenvalue weighted by atomic mass is 79.9. The van der Waals surface area contributed by atoms with Gasteiger partial charge in [0.05, 0.1) is 17.8 Å². The molecule has 10 heteroatoms. The molecule has 0 bridgehead atoms. The Bertz CT molecular complexity index is 1250. The molecule has 2 amide bonds. The second kappa shape index (κ2) is 11.8. The zero-order valence-corrected chi connectivity index (χ0v) is 21.4. The molecule has 34 heavy (non-hydrogen) atoms. The van der Waals surface area contributed by atoms with E-state index in [1.54, 1.807) is 42.5 Å². The minimum absolute atomic E-state index is 0.0120. The van der Waals surface area contributed by atoms with Gasteiger partial charge < -0.3 is 14.8 Å². The molecule has 0 aromatic heterocycles. The number of hydrogen-bond acceptors (Lipinski definition) is 5. The fourth-order valence-electron chi connectivity index (χ4n) is 2.88. The Kier molecular flexibility index (Phi) is 8.78. The van der Waals surface area contributed by atoms with Crippen molar-refractivity contribution in [2.24, 2.45) is 5.10 Å². The van der Waals surface area contributed by atoms with E-state index in [0.717, 1.165) is 10.0 Å². The third-order valence-corrected chi connectivity index (χ3v) is 5.69. The highest BCUT2D eigenvalue weighted by molar-refractivity contribution is 9.10. The highest BCUT2D eigenvalue weighted by Crippen LogP contribution is 2.37. The lowest BCUT2D eigenvalue weighted by Crippen LogP contribution is -2.32. The van der Waals surface area contributed by atoms with E-state index in [0.29, 0.717) is 32.8 Å². The van der Waals surface area contributed by atoms with Crippen LogP contribution < -0.4 is 20.2 Å². The smallest absolute Gasteiger partial charge is 0.329 e. The summed E-state index contributed by atoms with van der Waals surface area (Å²) in [5.74, 6) is -1.37. The maximum Gasteiger partial charge on any atom is 0.329 e. The van der Waals surface area contributed by atoms with Crippen molar-refractivity contribution >= 4 is 55.6 Å². The van der Waals surface area contributed by atoms with Crippen molar-refractivity contribution in [3.8, 4) is 11.5 Å². The Morgan fingerprint density at radius 2 is 1.85 bits per heavy atom. The zero-order valence-electron chi connectivity index (χ0n) is 18.2. The Morgan fingerprint density at radius 1 is 1.09 bits per heavy atom. The fraction of sp³-hybridized carbons (Fsp3) is 0.125. The van der Waals surface area contributed by atoms with Gasteiger partial charge in [0.15, 0.2) is 11.5 Å². The summed E-state index contributed by atoms with van der Waals surface area (Å²) >= 11 is 6.75. The summed E-state index contributed by atoms with van der Waals surface area (Å²) < 4.78 is 26.4. The van der Waals surface area contributed by atoms with Gasteiger partial charge in [0, 0.05) is 15.7 Å². The number of carbonyl (C=O) groups excluding carboxylic acids is 2. The first kappa shape index (κ1) is 25.4. The minimum atomic E-state index is -0.922. The second-order valence-corrected chi connectivity index (χ2v) is 8.80. The van der Waals surface area contributed by atoms with Gasteiger partial charge in [-0.2, -0.15) is 5.10 Å². The molecule has 0 atom stereocenters. The Morgan fingerprint density at radius 3 is 2.56 bits per heavy atom. The van der Waals surface area contributed by atoms with E-state index in [1.165, 1.54) is 19.4 Å². The van der Waals surface area contributed by atoms with Crippen molar-refractivity contribution in [3.63, 3.8) is 0 Å². The van der Waals surface area contributed by atoms with Gasteiger partial charge in [0.1, 0.15) is 12.4 Å². The molecule has 0 saturated carbocycles. The van der Waals surface area contributed by atoms with Crippen LogP contribution in [-0.4, -0.2) is 25.1 Å². The van der Waals surface area contributed by atoms with Gasteiger partial charge >= 0.3 is 11.8 Å². The summed E-state index contributed by atoms with van der Waals surface area (Å²) in [5.41, 5.74) is 4.47. The lowest BCUT2D eigenvalue weighted by molar-refractivity contribution is -0.136. The standard InChI is InChI=1S/C24H20Br2FN3O4/c1-14-9-17(25)7-8-20(14)29-23(31)24(32)30-28-12-15-10-18(26)22(21(11-15)33-2)34-13-16-5-3-4-6-19(16)27/h3-12H,13H2,1-2H3,(H,29,31)(H,30,32). The number of aryl methyl sites for hydroxylation is 1. The first-order valence-electron chi connectivity index (χ1n) is 9.92. The molecule has 7 nitrogen and oxygen atoms in total. The van der Waals surface area contributed by atoms with Crippen LogP contribution in [0.1, 0.15) is 16.7 Å². The van der Waals surface area contributed by atoms with Crippen molar-refractivity contribution in [2.45, 2.75) is 13.5 Å². The fourth-order valence-corrected chi connectivity index (χ4v) is 3.93. The van der Waals surface area contributed by atoms with Crippen LogP contribution in [0.5, 0.6) is 11.5 Å². The van der Waals surface area contributed by atoms with Crippen molar-refractivity contribution in [3.05, 3.63) is 86.1 Å². The number of rotatable bonds is 7. The van der Waals surface area contributed by atoms with Gasteiger partial charge in [-0.1, -0.05) is 34.1 Å². The number of anilines is 1. The van der Waals surface area contributed by atoms with Gasteiger partial charge in [-0.25, -0.2) is 9.82 Å². The summed E-state index contributed by atoms with van der Waals surface area (Å²) in [4.78, 5) is 24.2. The van der Waals surface area contributed by atoms with Crippen LogP contribution in [-0.2, 0) is 16.2 Å². The lowest BCUT2D eigenvalue weighted by Gasteiger charge is -2.14. The van der Waals surface area contributed by atoms with Crippen LogP contribution in [0, 0.1) is 12.7 Å². The van der Waals surface area contributed by atoms with E-state index >= 15 is 0 Å². The van der Waals surface area contributed by atoms with Crippen LogP contribution in [0.4, 0.5) is 10.1 Å². The molecule has 2 N–H and O–H groups in total.